The maximum Gasteiger partial charge on any atom is 0.147 e. The van der Waals surface area contributed by atoms with Gasteiger partial charge >= 0.3 is 0 Å². The second-order valence-electron chi connectivity index (χ2n) is 6.32. The van der Waals surface area contributed by atoms with E-state index < -0.39 is 0 Å². The van der Waals surface area contributed by atoms with Gasteiger partial charge in [-0.25, -0.2) is 4.98 Å². The number of unbranched alkanes of at least 4 members (excludes halogenated alkanes) is 1. The molecule has 0 N–H and O–H groups in total. The van der Waals surface area contributed by atoms with Crippen molar-refractivity contribution in [2.45, 2.75) is 32.9 Å². The zero-order chi connectivity index (χ0) is 17.1. The van der Waals surface area contributed by atoms with E-state index in [4.69, 9.17) is 9.72 Å². The molecule has 0 atom stereocenters. The number of imidazole rings is 1. The number of aryl methyl sites for hydroxylation is 1. The summed E-state index contributed by atoms with van der Waals surface area (Å²) in [4.78, 5) is 4.78. The van der Waals surface area contributed by atoms with Gasteiger partial charge in [-0.1, -0.05) is 55.8 Å². The van der Waals surface area contributed by atoms with Crippen molar-refractivity contribution in [1.29, 1.82) is 0 Å². The number of benzene rings is 3. The average molecular weight is 330 g/mol. The van der Waals surface area contributed by atoms with E-state index in [2.05, 4.69) is 66.1 Å². The highest BCUT2D eigenvalue weighted by molar-refractivity contribution is 5.83. The molecule has 0 radical (unpaired) electrons. The second-order valence-corrected chi connectivity index (χ2v) is 6.32. The Kier molecular flexibility index (Phi) is 4.38. The number of hydrogen-bond acceptors (Lipinski definition) is 2. The number of fused-ring (bicyclic) bond motifs is 2. The molecule has 3 aromatic carbocycles. The van der Waals surface area contributed by atoms with E-state index in [1.54, 1.807) is 0 Å². The molecule has 0 bridgehead atoms. The van der Waals surface area contributed by atoms with Gasteiger partial charge in [-0.05, 0) is 41.5 Å². The van der Waals surface area contributed by atoms with Gasteiger partial charge in [0, 0.05) is 6.54 Å². The van der Waals surface area contributed by atoms with Crippen molar-refractivity contribution in [1.82, 2.24) is 9.55 Å². The minimum atomic E-state index is 0.483. The zero-order valence-corrected chi connectivity index (χ0v) is 14.5. The molecule has 3 heteroatoms. The quantitative estimate of drug-likeness (QED) is 0.462. The summed E-state index contributed by atoms with van der Waals surface area (Å²) in [5, 5.41) is 2.42. The Morgan fingerprint density at radius 1 is 0.920 bits per heavy atom. The SMILES string of the molecule is CCCCn1c(COc2ccc3ccccc3c2)nc2ccccc21. The Morgan fingerprint density at radius 3 is 2.60 bits per heavy atom. The summed E-state index contributed by atoms with van der Waals surface area (Å²) in [6.07, 6.45) is 2.31. The topological polar surface area (TPSA) is 27.1 Å². The number of para-hydroxylation sites is 2. The highest BCUT2D eigenvalue weighted by Crippen LogP contribution is 2.23. The smallest absolute Gasteiger partial charge is 0.147 e. The van der Waals surface area contributed by atoms with E-state index in [1.165, 1.54) is 16.3 Å². The molecule has 0 fully saturated rings. The molecule has 0 saturated carbocycles. The first kappa shape index (κ1) is 15.7. The number of nitrogens with zero attached hydrogens (tertiary/aromatic N) is 2. The Balaban J connectivity index is 1.60. The molecule has 1 heterocycles. The molecule has 0 aliphatic carbocycles. The molecule has 1 aromatic heterocycles. The van der Waals surface area contributed by atoms with Gasteiger partial charge in [0.05, 0.1) is 11.0 Å². The normalized spacial score (nSPS) is 11.2. The highest BCUT2D eigenvalue weighted by atomic mass is 16.5. The lowest BCUT2D eigenvalue weighted by Crippen LogP contribution is -2.07. The van der Waals surface area contributed by atoms with Crippen molar-refractivity contribution >= 4 is 21.8 Å². The van der Waals surface area contributed by atoms with E-state index >= 15 is 0 Å². The fraction of sp³-hybridized carbons (Fsp3) is 0.227. The van der Waals surface area contributed by atoms with E-state index in [1.807, 2.05) is 12.1 Å². The van der Waals surface area contributed by atoms with Crippen LogP contribution in [0.5, 0.6) is 5.75 Å². The number of hydrogen-bond donors (Lipinski definition) is 0. The lowest BCUT2D eigenvalue weighted by molar-refractivity contribution is 0.290. The Bertz CT molecular complexity index is 1000. The molecule has 3 nitrogen and oxygen atoms in total. The first-order valence-corrected chi connectivity index (χ1v) is 8.91. The second kappa shape index (κ2) is 6.98. The van der Waals surface area contributed by atoms with Gasteiger partial charge in [0.25, 0.3) is 0 Å². The number of rotatable bonds is 6. The van der Waals surface area contributed by atoms with Crippen LogP contribution in [0.4, 0.5) is 0 Å². The lowest BCUT2D eigenvalue weighted by atomic mass is 10.1. The maximum atomic E-state index is 6.07. The molecule has 0 unspecified atom stereocenters. The van der Waals surface area contributed by atoms with Crippen LogP contribution in [-0.2, 0) is 13.2 Å². The maximum absolute atomic E-state index is 6.07. The fourth-order valence-electron chi connectivity index (χ4n) is 3.21. The summed E-state index contributed by atoms with van der Waals surface area (Å²) >= 11 is 0. The van der Waals surface area contributed by atoms with Crippen LogP contribution in [0.2, 0.25) is 0 Å². The summed E-state index contributed by atoms with van der Waals surface area (Å²) in [6, 6.07) is 22.9. The van der Waals surface area contributed by atoms with Crippen molar-refractivity contribution in [3.63, 3.8) is 0 Å². The summed E-state index contributed by atoms with van der Waals surface area (Å²) in [6.45, 7) is 3.68. The molecule has 4 rings (SSSR count). The van der Waals surface area contributed by atoms with Crippen LogP contribution in [0, 0.1) is 0 Å². The van der Waals surface area contributed by atoms with Gasteiger partial charge in [0.15, 0.2) is 0 Å². The molecular weight excluding hydrogens is 308 g/mol. The van der Waals surface area contributed by atoms with Crippen molar-refractivity contribution in [2.75, 3.05) is 0 Å². The van der Waals surface area contributed by atoms with Gasteiger partial charge in [0.2, 0.25) is 0 Å². The lowest BCUT2D eigenvalue weighted by Gasteiger charge is -2.10. The molecule has 0 saturated heterocycles. The summed E-state index contributed by atoms with van der Waals surface area (Å²) in [5.41, 5.74) is 2.23. The standard InChI is InChI=1S/C22H22N2O/c1-2-3-14-24-21-11-7-6-10-20(21)23-22(24)16-25-19-13-12-17-8-4-5-9-18(17)15-19/h4-13,15H,2-3,14,16H2,1H3. The molecule has 4 aromatic rings. The van der Waals surface area contributed by atoms with Crippen molar-refractivity contribution in [2.24, 2.45) is 0 Å². The monoisotopic (exact) mass is 330 g/mol. The minimum absolute atomic E-state index is 0.483. The van der Waals surface area contributed by atoms with Crippen LogP contribution in [0.25, 0.3) is 21.8 Å². The van der Waals surface area contributed by atoms with Crippen LogP contribution in [0.1, 0.15) is 25.6 Å². The molecule has 0 amide bonds. The van der Waals surface area contributed by atoms with E-state index in [9.17, 15) is 0 Å². The van der Waals surface area contributed by atoms with E-state index in [0.29, 0.717) is 6.61 Å². The molecular formula is C22H22N2O. The largest absolute Gasteiger partial charge is 0.486 e. The highest BCUT2D eigenvalue weighted by Gasteiger charge is 2.10. The molecule has 25 heavy (non-hydrogen) atoms. The van der Waals surface area contributed by atoms with Crippen LogP contribution >= 0.6 is 0 Å². The fourth-order valence-corrected chi connectivity index (χ4v) is 3.21. The zero-order valence-electron chi connectivity index (χ0n) is 14.5. The number of aromatic nitrogens is 2. The third-order valence-electron chi connectivity index (χ3n) is 4.56. The van der Waals surface area contributed by atoms with E-state index in [-0.39, 0.29) is 0 Å². The van der Waals surface area contributed by atoms with Crippen LogP contribution in [-0.4, -0.2) is 9.55 Å². The molecule has 0 spiro atoms. The van der Waals surface area contributed by atoms with Gasteiger partial charge in [0.1, 0.15) is 18.2 Å². The first-order valence-electron chi connectivity index (χ1n) is 8.91. The van der Waals surface area contributed by atoms with Gasteiger partial charge < -0.3 is 9.30 Å². The van der Waals surface area contributed by atoms with Crippen LogP contribution in [0.15, 0.2) is 66.7 Å². The molecule has 0 aliphatic heterocycles. The minimum Gasteiger partial charge on any atom is -0.486 e. The summed E-state index contributed by atoms with van der Waals surface area (Å²) in [7, 11) is 0. The Labute approximate surface area is 147 Å². The average Bonchev–Trinajstić information content (AvgIpc) is 3.02. The van der Waals surface area contributed by atoms with Gasteiger partial charge in [-0.3, -0.25) is 0 Å². The van der Waals surface area contributed by atoms with Gasteiger partial charge in [-0.15, -0.1) is 0 Å². The predicted molar refractivity (Wildman–Crippen MR) is 103 cm³/mol. The Morgan fingerprint density at radius 2 is 1.72 bits per heavy atom. The van der Waals surface area contributed by atoms with Crippen molar-refractivity contribution < 1.29 is 4.74 Å². The van der Waals surface area contributed by atoms with Crippen LogP contribution in [0.3, 0.4) is 0 Å². The van der Waals surface area contributed by atoms with Crippen molar-refractivity contribution in [3.05, 3.63) is 72.6 Å². The third-order valence-corrected chi connectivity index (χ3v) is 4.56. The van der Waals surface area contributed by atoms with Gasteiger partial charge in [-0.2, -0.15) is 0 Å². The predicted octanol–water partition coefficient (Wildman–Crippen LogP) is 5.57. The molecule has 126 valence electrons. The van der Waals surface area contributed by atoms with Crippen molar-refractivity contribution in [3.8, 4) is 5.75 Å². The Hall–Kier alpha value is -2.81. The first-order chi connectivity index (χ1) is 12.3. The number of ether oxygens (including phenoxy) is 1. The summed E-state index contributed by atoms with van der Waals surface area (Å²) in [5.74, 6) is 1.87. The molecule has 0 aliphatic rings. The van der Waals surface area contributed by atoms with Crippen LogP contribution < -0.4 is 4.74 Å². The van der Waals surface area contributed by atoms with E-state index in [0.717, 1.165) is 36.5 Å². The third kappa shape index (κ3) is 3.22. The summed E-state index contributed by atoms with van der Waals surface area (Å²) < 4.78 is 8.36.